The van der Waals surface area contributed by atoms with Gasteiger partial charge in [0.05, 0.1) is 31.0 Å². The monoisotopic (exact) mass is 278 g/mol. The largest absolute Gasteiger partial charge is 0.465 e. The minimum atomic E-state index is -0.468. The average Bonchev–Trinajstić information content (AvgIpc) is 2.98. The van der Waals surface area contributed by atoms with Crippen LogP contribution in [-0.4, -0.2) is 45.4 Å². The van der Waals surface area contributed by atoms with Gasteiger partial charge in [-0.15, -0.1) is 0 Å². The third-order valence-electron chi connectivity index (χ3n) is 3.23. The van der Waals surface area contributed by atoms with Crippen molar-refractivity contribution in [2.45, 2.75) is 12.5 Å². The van der Waals surface area contributed by atoms with E-state index in [1.165, 1.54) is 12.0 Å². The van der Waals surface area contributed by atoms with Gasteiger partial charge in [0.15, 0.2) is 0 Å². The number of urea groups is 1. The number of rotatable bonds is 3. The minimum absolute atomic E-state index is 0.0234. The Morgan fingerprint density at radius 1 is 1.40 bits per heavy atom. The number of methoxy groups -OCH3 is 1. The van der Waals surface area contributed by atoms with Gasteiger partial charge >= 0.3 is 12.0 Å². The summed E-state index contributed by atoms with van der Waals surface area (Å²) >= 11 is 0. The molecule has 1 aliphatic heterocycles. The first-order valence-electron chi connectivity index (χ1n) is 6.42. The maximum Gasteiger partial charge on any atom is 0.339 e. The van der Waals surface area contributed by atoms with Crippen molar-refractivity contribution in [3.8, 4) is 0 Å². The number of ether oxygens (including phenoxy) is 2. The highest BCUT2D eigenvalue weighted by atomic mass is 16.5. The summed E-state index contributed by atoms with van der Waals surface area (Å²) in [6.07, 6.45) is 0.804. The Kier molecular flexibility index (Phi) is 4.57. The molecule has 0 aromatic heterocycles. The standard InChI is InChI=1S/C14H18N2O4/c1-16(14(18)15-10-7-8-20-9-10)12-6-4-3-5-11(12)13(17)19-2/h3-6,10H,7-9H2,1-2H3,(H,15,18). The van der Waals surface area contributed by atoms with Crippen LogP contribution in [0, 0.1) is 0 Å². The normalized spacial score (nSPS) is 17.6. The third kappa shape index (κ3) is 3.08. The second-order valence-corrected chi connectivity index (χ2v) is 4.58. The minimum Gasteiger partial charge on any atom is -0.465 e. The lowest BCUT2D eigenvalue weighted by molar-refractivity contribution is 0.0601. The first-order chi connectivity index (χ1) is 9.63. The fourth-order valence-electron chi connectivity index (χ4n) is 2.08. The van der Waals surface area contributed by atoms with Crippen LogP contribution in [0.4, 0.5) is 10.5 Å². The SMILES string of the molecule is COC(=O)c1ccccc1N(C)C(=O)NC1CCOC1. The fraction of sp³-hybridized carbons (Fsp3) is 0.429. The number of para-hydroxylation sites is 1. The number of esters is 1. The Morgan fingerprint density at radius 3 is 2.80 bits per heavy atom. The van der Waals surface area contributed by atoms with Crippen LogP contribution in [0.5, 0.6) is 0 Å². The van der Waals surface area contributed by atoms with Gasteiger partial charge in [-0.05, 0) is 18.6 Å². The van der Waals surface area contributed by atoms with Gasteiger partial charge in [0, 0.05) is 13.7 Å². The summed E-state index contributed by atoms with van der Waals surface area (Å²) in [5, 5.41) is 2.87. The van der Waals surface area contributed by atoms with E-state index in [0.717, 1.165) is 6.42 Å². The lowest BCUT2D eigenvalue weighted by Gasteiger charge is -2.22. The van der Waals surface area contributed by atoms with Crippen LogP contribution >= 0.6 is 0 Å². The Bertz CT molecular complexity index is 498. The number of carbonyl (C=O) groups is 2. The molecule has 2 amide bonds. The van der Waals surface area contributed by atoms with Crippen LogP contribution in [0.1, 0.15) is 16.8 Å². The second kappa shape index (κ2) is 6.38. The van der Waals surface area contributed by atoms with Crippen molar-refractivity contribution < 1.29 is 19.1 Å². The van der Waals surface area contributed by atoms with Crippen LogP contribution in [0.3, 0.4) is 0 Å². The van der Waals surface area contributed by atoms with Crippen molar-refractivity contribution >= 4 is 17.7 Å². The molecular weight excluding hydrogens is 260 g/mol. The number of nitrogens with zero attached hydrogens (tertiary/aromatic N) is 1. The number of anilines is 1. The zero-order valence-corrected chi connectivity index (χ0v) is 11.6. The van der Waals surface area contributed by atoms with Crippen molar-refractivity contribution in [1.29, 1.82) is 0 Å². The third-order valence-corrected chi connectivity index (χ3v) is 3.23. The molecular formula is C14H18N2O4. The van der Waals surface area contributed by atoms with Crippen LogP contribution in [0.2, 0.25) is 0 Å². The van der Waals surface area contributed by atoms with Gasteiger partial charge in [-0.1, -0.05) is 12.1 Å². The van der Waals surface area contributed by atoms with Crippen molar-refractivity contribution in [1.82, 2.24) is 5.32 Å². The summed E-state index contributed by atoms with van der Waals surface area (Å²) in [6.45, 7) is 1.19. The quantitative estimate of drug-likeness (QED) is 0.849. The fourth-order valence-corrected chi connectivity index (χ4v) is 2.08. The average molecular weight is 278 g/mol. The van der Waals surface area contributed by atoms with Gasteiger partial charge < -0.3 is 14.8 Å². The molecule has 0 bridgehead atoms. The molecule has 0 spiro atoms. The number of amides is 2. The maximum atomic E-state index is 12.2. The van der Waals surface area contributed by atoms with Gasteiger partial charge in [0.2, 0.25) is 0 Å². The molecule has 108 valence electrons. The molecule has 1 aromatic carbocycles. The topological polar surface area (TPSA) is 67.9 Å². The zero-order valence-electron chi connectivity index (χ0n) is 11.6. The summed E-state index contributed by atoms with van der Waals surface area (Å²) < 4.78 is 9.94. The van der Waals surface area contributed by atoms with Gasteiger partial charge in [-0.25, -0.2) is 9.59 Å². The molecule has 2 rings (SSSR count). The molecule has 20 heavy (non-hydrogen) atoms. The van der Waals surface area contributed by atoms with E-state index in [2.05, 4.69) is 5.32 Å². The van der Waals surface area contributed by atoms with Gasteiger partial charge in [-0.3, -0.25) is 4.90 Å². The van der Waals surface area contributed by atoms with Gasteiger partial charge in [0.1, 0.15) is 0 Å². The summed E-state index contributed by atoms with van der Waals surface area (Å²) in [7, 11) is 2.93. The predicted octanol–water partition coefficient (Wildman–Crippen LogP) is 1.41. The number of hydrogen-bond donors (Lipinski definition) is 1. The summed E-state index contributed by atoms with van der Waals surface area (Å²) in [6, 6.07) is 6.59. The molecule has 6 nitrogen and oxygen atoms in total. The molecule has 1 heterocycles. The smallest absolute Gasteiger partial charge is 0.339 e. The Labute approximate surface area is 117 Å². The Balaban J connectivity index is 2.13. The van der Waals surface area contributed by atoms with Crippen LogP contribution < -0.4 is 10.2 Å². The summed E-state index contributed by atoms with van der Waals surface area (Å²) in [4.78, 5) is 25.3. The van der Waals surface area contributed by atoms with Crippen molar-refractivity contribution in [3.63, 3.8) is 0 Å². The molecule has 1 aromatic rings. The van der Waals surface area contributed by atoms with Crippen molar-refractivity contribution in [2.24, 2.45) is 0 Å². The molecule has 1 atom stereocenters. The van der Waals surface area contributed by atoms with E-state index in [0.29, 0.717) is 24.5 Å². The molecule has 1 unspecified atom stereocenters. The molecule has 0 aliphatic carbocycles. The van der Waals surface area contributed by atoms with Gasteiger partial charge in [0.25, 0.3) is 0 Å². The van der Waals surface area contributed by atoms with E-state index in [4.69, 9.17) is 9.47 Å². The van der Waals surface area contributed by atoms with Crippen molar-refractivity contribution in [3.05, 3.63) is 29.8 Å². The Hall–Kier alpha value is -2.08. The molecule has 0 saturated carbocycles. The highest BCUT2D eigenvalue weighted by molar-refractivity contribution is 6.01. The number of hydrogen-bond acceptors (Lipinski definition) is 4. The van der Waals surface area contributed by atoms with E-state index in [9.17, 15) is 9.59 Å². The highest BCUT2D eigenvalue weighted by Crippen LogP contribution is 2.20. The highest BCUT2D eigenvalue weighted by Gasteiger charge is 2.23. The molecule has 1 N–H and O–H groups in total. The van der Waals surface area contributed by atoms with E-state index < -0.39 is 5.97 Å². The van der Waals surface area contributed by atoms with E-state index >= 15 is 0 Å². The Morgan fingerprint density at radius 2 is 2.15 bits per heavy atom. The predicted molar refractivity (Wildman–Crippen MR) is 73.9 cm³/mol. The first kappa shape index (κ1) is 14.3. The lowest BCUT2D eigenvalue weighted by Crippen LogP contribution is -2.43. The zero-order chi connectivity index (χ0) is 14.5. The number of benzene rings is 1. The molecule has 1 aliphatic rings. The molecule has 0 radical (unpaired) electrons. The first-order valence-corrected chi connectivity index (χ1v) is 6.42. The van der Waals surface area contributed by atoms with E-state index in [-0.39, 0.29) is 12.1 Å². The van der Waals surface area contributed by atoms with Gasteiger partial charge in [-0.2, -0.15) is 0 Å². The maximum absolute atomic E-state index is 12.2. The molecule has 1 fully saturated rings. The number of carbonyl (C=O) groups excluding carboxylic acids is 2. The van der Waals surface area contributed by atoms with Crippen LogP contribution in [0.15, 0.2) is 24.3 Å². The van der Waals surface area contributed by atoms with E-state index in [1.54, 1.807) is 31.3 Å². The van der Waals surface area contributed by atoms with Crippen LogP contribution in [0.25, 0.3) is 0 Å². The van der Waals surface area contributed by atoms with Crippen molar-refractivity contribution in [2.75, 3.05) is 32.3 Å². The molecule has 1 saturated heterocycles. The summed E-state index contributed by atoms with van der Waals surface area (Å²) in [5.74, 6) is -0.468. The number of nitrogens with one attached hydrogen (secondary N) is 1. The molecule has 6 heteroatoms. The summed E-state index contributed by atoms with van der Waals surface area (Å²) in [5.41, 5.74) is 0.867. The lowest BCUT2D eigenvalue weighted by atomic mass is 10.1. The van der Waals surface area contributed by atoms with Crippen LogP contribution in [-0.2, 0) is 9.47 Å². The second-order valence-electron chi connectivity index (χ2n) is 4.58. The van der Waals surface area contributed by atoms with E-state index in [1.807, 2.05) is 0 Å².